The highest BCUT2D eigenvalue weighted by Gasteiger charge is 2.34. The molecule has 4 rings (SSSR count). The molecule has 8 heteroatoms. The number of rotatable bonds is 5. The Morgan fingerprint density at radius 1 is 1.20 bits per heavy atom. The van der Waals surface area contributed by atoms with Crippen LogP contribution in [0.15, 0.2) is 47.0 Å². The van der Waals surface area contributed by atoms with Crippen LogP contribution in [0.1, 0.15) is 30.3 Å². The molecular weight excluding hydrogens is 384 g/mol. The predicted octanol–water partition coefficient (Wildman–Crippen LogP) is 4.43. The van der Waals surface area contributed by atoms with E-state index in [9.17, 15) is 4.79 Å². The van der Waals surface area contributed by atoms with Crippen LogP contribution in [0.3, 0.4) is 0 Å². The van der Waals surface area contributed by atoms with Crippen molar-refractivity contribution in [3.8, 4) is 22.9 Å². The number of benzene rings is 2. The highest BCUT2D eigenvalue weighted by Crippen LogP contribution is 2.34. The van der Waals surface area contributed by atoms with Gasteiger partial charge in [-0.05, 0) is 49.6 Å². The van der Waals surface area contributed by atoms with Gasteiger partial charge >= 0.3 is 6.03 Å². The molecule has 0 aliphatic carbocycles. The molecule has 0 saturated carbocycles. The van der Waals surface area contributed by atoms with Gasteiger partial charge in [-0.15, -0.1) is 0 Å². The molecule has 156 valence electrons. The zero-order chi connectivity index (χ0) is 21.1. The number of likely N-dealkylation sites (tertiary alicyclic amines) is 1. The fraction of sp³-hybridized carbons (Fsp3) is 0.318. The summed E-state index contributed by atoms with van der Waals surface area (Å²) in [7, 11) is 3.19. The number of aromatic nitrogens is 2. The van der Waals surface area contributed by atoms with Gasteiger partial charge in [0.15, 0.2) is 0 Å². The van der Waals surface area contributed by atoms with Crippen molar-refractivity contribution in [1.82, 2.24) is 15.0 Å². The number of methoxy groups -OCH3 is 2. The summed E-state index contributed by atoms with van der Waals surface area (Å²) >= 11 is 0. The van der Waals surface area contributed by atoms with Gasteiger partial charge in [-0.1, -0.05) is 23.4 Å². The van der Waals surface area contributed by atoms with E-state index >= 15 is 0 Å². The summed E-state index contributed by atoms with van der Waals surface area (Å²) in [6.07, 6.45) is 1.62. The van der Waals surface area contributed by atoms with Crippen LogP contribution in [-0.2, 0) is 0 Å². The van der Waals surface area contributed by atoms with Crippen LogP contribution in [0.4, 0.5) is 10.5 Å². The van der Waals surface area contributed by atoms with Gasteiger partial charge in [-0.2, -0.15) is 4.98 Å². The van der Waals surface area contributed by atoms with Gasteiger partial charge in [0.05, 0.1) is 19.9 Å². The summed E-state index contributed by atoms with van der Waals surface area (Å²) < 4.78 is 16.1. The number of anilines is 1. The van der Waals surface area contributed by atoms with Crippen LogP contribution < -0.4 is 14.8 Å². The fourth-order valence-corrected chi connectivity index (χ4v) is 3.62. The monoisotopic (exact) mass is 408 g/mol. The molecule has 3 aromatic rings. The molecule has 0 spiro atoms. The first kappa shape index (κ1) is 19.8. The molecule has 0 bridgehead atoms. The summed E-state index contributed by atoms with van der Waals surface area (Å²) in [5.74, 6) is 2.23. The summed E-state index contributed by atoms with van der Waals surface area (Å²) in [5.41, 5.74) is 2.46. The van der Waals surface area contributed by atoms with Crippen molar-refractivity contribution in [2.45, 2.75) is 25.8 Å². The molecule has 1 saturated heterocycles. The summed E-state index contributed by atoms with van der Waals surface area (Å²) in [4.78, 5) is 19.3. The van der Waals surface area contributed by atoms with Crippen LogP contribution in [0.5, 0.6) is 11.5 Å². The topological polar surface area (TPSA) is 89.7 Å². The summed E-state index contributed by atoms with van der Waals surface area (Å²) in [6, 6.07) is 12.6. The largest absolute Gasteiger partial charge is 0.497 e. The van der Waals surface area contributed by atoms with Crippen LogP contribution in [0.25, 0.3) is 11.4 Å². The summed E-state index contributed by atoms with van der Waals surface area (Å²) in [5, 5.41) is 7.06. The number of amides is 2. The number of hydrogen-bond acceptors (Lipinski definition) is 6. The highest BCUT2D eigenvalue weighted by atomic mass is 16.5. The Morgan fingerprint density at radius 2 is 2.07 bits per heavy atom. The average Bonchev–Trinajstić information content (AvgIpc) is 3.43. The van der Waals surface area contributed by atoms with Crippen molar-refractivity contribution in [3.63, 3.8) is 0 Å². The predicted molar refractivity (Wildman–Crippen MR) is 112 cm³/mol. The molecule has 0 radical (unpaired) electrons. The fourth-order valence-electron chi connectivity index (χ4n) is 3.62. The molecule has 8 nitrogen and oxygen atoms in total. The third-order valence-electron chi connectivity index (χ3n) is 5.16. The average molecular weight is 408 g/mol. The Hall–Kier alpha value is -3.55. The molecule has 30 heavy (non-hydrogen) atoms. The molecule has 2 aromatic carbocycles. The van der Waals surface area contributed by atoms with Gasteiger partial charge in [0, 0.05) is 12.1 Å². The third kappa shape index (κ3) is 3.94. The molecule has 1 aliphatic rings. The summed E-state index contributed by atoms with van der Waals surface area (Å²) in [6.45, 7) is 2.58. The Morgan fingerprint density at radius 3 is 2.87 bits per heavy atom. The molecule has 1 N–H and O–H groups in total. The van der Waals surface area contributed by atoms with E-state index < -0.39 is 0 Å². The smallest absolute Gasteiger partial charge is 0.322 e. The van der Waals surface area contributed by atoms with Gasteiger partial charge in [-0.25, -0.2) is 4.79 Å². The first-order valence-corrected chi connectivity index (χ1v) is 9.79. The zero-order valence-electron chi connectivity index (χ0n) is 17.2. The lowest BCUT2D eigenvalue weighted by Gasteiger charge is -2.23. The number of hydrogen-bond donors (Lipinski definition) is 1. The van der Waals surface area contributed by atoms with Gasteiger partial charge in [0.2, 0.25) is 11.7 Å². The van der Waals surface area contributed by atoms with Crippen molar-refractivity contribution in [1.29, 1.82) is 0 Å². The van der Waals surface area contributed by atoms with E-state index in [1.807, 2.05) is 49.4 Å². The minimum atomic E-state index is -0.271. The minimum absolute atomic E-state index is 0.220. The van der Waals surface area contributed by atoms with Crippen LogP contribution >= 0.6 is 0 Å². The Labute approximate surface area is 174 Å². The zero-order valence-corrected chi connectivity index (χ0v) is 17.2. The standard InChI is InChI=1S/C22H24N4O4/c1-14-9-10-19(29-3)17(12-14)23-22(27)26-11-5-8-18(26)21-24-20(25-30-21)15-6-4-7-16(13-15)28-2/h4,6-7,9-10,12-13,18H,5,8,11H2,1-3H3,(H,23,27). The molecule has 1 atom stereocenters. The van der Waals surface area contributed by atoms with Crippen molar-refractivity contribution < 1.29 is 18.8 Å². The van der Waals surface area contributed by atoms with E-state index in [4.69, 9.17) is 14.0 Å². The lowest BCUT2D eigenvalue weighted by Crippen LogP contribution is -2.34. The second-order valence-corrected chi connectivity index (χ2v) is 7.17. The van der Waals surface area contributed by atoms with Crippen LogP contribution in [0, 0.1) is 6.92 Å². The molecule has 2 amide bonds. The number of ether oxygens (including phenoxy) is 2. The van der Waals surface area contributed by atoms with Gasteiger partial charge in [-0.3, -0.25) is 0 Å². The van der Waals surface area contributed by atoms with Crippen molar-refractivity contribution in [3.05, 3.63) is 53.9 Å². The second kappa shape index (κ2) is 8.44. The first-order chi connectivity index (χ1) is 14.6. The van der Waals surface area contributed by atoms with Gasteiger partial charge < -0.3 is 24.2 Å². The normalized spacial score (nSPS) is 15.8. The number of urea groups is 1. The maximum atomic E-state index is 13.0. The third-order valence-corrected chi connectivity index (χ3v) is 5.16. The number of carbonyl (C=O) groups is 1. The van der Waals surface area contributed by atoms with E-state index in [1.165, 1.54) is 0 Å². The molecule has 1 aromatic heterocycles. The lowest BCUT2D eigenvalue weighted by molar-refractivity contribution is 0.193. The van der Waals surface area contributed by atoms with Crippen molar-refractivity contribution >= 4 is 11.7 Å². The van der Waals surface area contributed by atoms with Crippen molar-refractivity contribution in [2.75, 3.05) is 26.1 Å². The number of nitrogens with zero attached hydrogens (tertiary/aromatic N) is 3. The molecule has 1 unspecified atom stereocenters. The first-order valence-electron chi connectivity index (χ1n) is 9.79. The Bertz CT molecular complexity index is 1050. The van der Waals surface area contributed by atoms with Crippen LogP contribution in [-0.4, -0.2) is 41.8 Å². The number of aryl methyl sites for hydroxylation is 1. The SMILES string of the molecule is COc1cccc(-c2noc(C3CCCN3C(=O)Nc3cc(C)ccc3OC)n2)c1. The Balaban J connectivity index is 1.53. The van der Waals surface area contributed by atoms with Gasteiger partial charge in [0.1, 0.15) is 17.5 Å². The number of carbonyl (C=O) groups excluding carboxylic acids is 1. The quantitative estimate of drug-likeness (QED) is 0.672. The second-order valence-electron chi connectivity index (χ2n) is 7.17. The molecular formula is C22H24N4O4. The maximum absolute atomic E-state index is 13.0. The van der Waals surface area contributed by atoms with E-state index in [1.54, 1.807) is 19.1 Å². The Kier molecular flexibility index (Phi) is 5.56. The molecule has 2 heterocycles. The molecule has 1 aliphatic heterocycles. The van der Waals surface area contributed by atoms with Gasteiger partial charge in [0.25, 0.3) is 0 Å². The maximum Gasteiger partial charge on any atom is 0.322 e. The molecule has 1 fully saturated rings. The van der Waals surface area contributed by atoms with Crippen molar-refractivity contribution in [2.24, 2.45) is 0 Å². The highest BCUT2D eigenvalue weighted by molar-refractivity contribution is 5.91. The number of nitrogens with one attached hydrogen (secondary N) is 1. The van der Waals surface area contributed by atoms with E-state index in [-0.39, 0.29) is 12.1 Å². The van der Waals surface area contributed by atoms with E-state index in [0.29, 0.717) is 35.4 Å². The van der Waals surface area contributed by atoms with Crippen LogP contribution in [0.2, 0.25) is 0 Å². The van der Waals surface area contributed by atoms with E-state index in [0.717, 1.165) is 24.0 Å². The minimum Gasteiger partial charge on any atom is -0.497 e. The lowest BCUT2D eigenvalue weighted by atomic mass is 10.2. The van der Waals surface area contributed by atoms with E-state index in [2.05, 4.69) is 15.5 Å².